The standard InChI is InChI=1S/C14H21BrN2OS/c1-10(16)11-4-6-17(7-5-11)14(18)3-2-13-8-12(15)9-19-13/h8-11H,2-7,16H2,1H3. The zero-order valence-corrected chi connectivity index (χ0v) is 13.7. The van der Waals surface area contributed by atoms with Crippen molar-refractivity contribution in [3.8, 4) is 0 Å². The van der Waals surface area contributed by atoms with E-state index >= 15 is 0 Å². The summed E-state index contributed by atoms with van der Waals surface area (Å²) in [6.07, 6.45) is 3.57. The third-order valence-electron chi connectivity index (χ3n) is 3.84. The Kier molecular flexibility index (Phi) is 5.42. The quantitative estimate of drug-likeness (QED) is 0.912. The van der Waals surface area contributed by atoms with E-state index < -0.39 is 0 Å². The summed E-state index contributed by atoms with van der Waals surface area (Å²) in [5.74, 6) is 0.866. The van der Waals surface area contributed by atoms with Crippen LogP contribution >= 0.6 is 27.3 Å². The Hall–Kier alpha value is -0.390. The predicted molar refractivity (Wildman–Crippen MR) is 83.3 cm³/mol. The summed E-state index contributed by atoms with van der Waals surface area (Å²) in [6, 6.07) is 2.35. The summed E-state index contributed by atoms with van der Waals surface area (Å²) in [5.41, 5.74) is 5.92. The minimum atomic E-state index is 0.251. The lowest BCUT2D eigenvalue weighted by Gasteiger charge is -2.33. The zero-order chi connectivity index (χ0) is 13.8. The fraction of sp³-hybridized carbons (Fsp3) is 0.643. The number of likely N-dealkylation sites (tertiary alicyclic amines) is 1. The number of carbonyl (C=O) groups is 1. The molecule has 0 bridgehead atoms. The molecule has 106 valence electrons. The van der Waals surface area contributed by atoms with Crippen LogP contribution in [0.15, 0.2) is 15.9 Å². The fourth-order valence-corrected chi connectivity index (χ4v) is 4.00. The van der Waals surface area contributed by atoms with E-state index in [2.05, 4.69) is 34.3 Å². The number of halogens is 1. The molecule has 1 amide bonds. The number of thiophene rings is 1. The number of amides is 1. The third kappa shape index (κ3) is 4.29. The number of carbonyl (C=O) groups excluding carboxylic acids is 1. The molecule has 1 saturated heterocycles. The Bertz CT molecular complexity index is 425. The lowest BCUT2D eigenvalue weighted by Crippen LogP contribution is -2.42. The molecule has 0 aromatic carbocycles. The van der Waals surface area contributed by atoms with Gasteiger partial charge in [-0.1, -0.05) is 0 Å². The van der Waals surface area contributed by atoms with E-state index in [0.29, 0.717) is 12.3 Å². The summed E-state index contributed by atoms with van der Waals surface area (Å²) in [4.78, 5) is 15.4. The number of nitrogens with two attached hydrogens (primary N) is 1. The molecule has 1 atom stereocenters. The van der Waals surface area contributed by atoms with Gasteiger partial charge in [0.1, 0.15) is 0 Å². The maximum atomic E-state index is 12.1. The van der Waals surface area contributed by atoms with E-state index in [0.717, 1.165) is 36.8 Å². The van der Waals surface area contributed by atoms with Crippen LogP contribution in [0.4, 0.5) is 0 Å². The molecule has 1 aliphatic rings. The minimum absolute atomic E-state index is 0.251. The van der Waals surface area contributed by atoms with Gasteiger partial charge >= 0.3 is 0 Å². The molecule has 0 aliphatic carbocycles. The minimum Gasteiger partial charge on any atom is -0.343 e. The van der Waals surface area contributed by atoms with Gasteiger partial charge in [-0.25, -0.2) is 0 Å². The topological polar surface area (TPSA) is 46.3 Å². The van der Waals surface area contributed by atoms with Crippen LogP contribution in [0.5, 0.6) is 0 Å². The molecule has 1 fully saturated rings. The molecule has 0 radical (unpaired) electrons. The Labute approximate surface area is 127 Å². The van der Waals surface area contributed by atoms with Crippen molar-refractivity contribution in [2.75, 3.05) is 13.1 Å². The highest BCUT2D eigenvalue weighted by molar-refractivity contribution is 9.10. The average Bonchev–Trinajstić information content (AvgIpc) is 2.82. The lowest BCUT2D eigenvalue weighted by molar-refractivity contribution is -0.132. The van der Waals surface area contributed by atoms with Crippen LogP contribution in [-0.2, 0) is 11.2 Å². The smallest absolute Gasteiger partial charge is 0.222 e. The molecular formula is C14H21BrN2OS. The highest BCUT2D eigenvalue weighted by atomic mass is 79.9. The highest BCUT2D eigenvalue weighted by Crippen LogP contribution is 2.23. The SMILES string of the molecule is CC(N)C1CCN(C(=O)CCc2cc(Br)cs2)CC1. The maximum Gasteiger partial charge on any atom is 0.222 e. The van der Waals surface area contributed by atoms with E-state index in [9.17, 15) is 4.79 Å². The van der Waals surface area contributed by atoms with Gasteiger partial charge in [-0.2, -0.15) is 0 Å². The molecule has 1 unspecified atom stereocenters. The van der Waals surface area contributed by atoms with Crippen molar-refractivity contribution in [2.24, 2.45) is 11.7 Å². The summed E-state index contributed by atoms with van der Waals surface area (Å²) >= 11 is 5.15. The number of aryl methyl sites for hydroxylation is 1. The fourth-order valence-electron chi connectivity index (χ4n) is 2.55. The average molecular weight is 345 g/mol. The van der Waals surface area contributed by atoms with Crippen LogP contribution in [0.3, 0.4) is 0 Å². The van der Waals surface area contributed by atoms with Crippen LogP contribution in [0.25, 0.3) is 0 Å². The van der Waals surface area contributed by atoms with Gasteiger partial charge in [0.05, 0.1) is 0 Å². The molecule has 1 aromatic rings. The molecule has 0 saturated carbocycles. The van der Waals surface area contributed by atoms with Gasteiger partial charge in [0, 0.05) is 40.3 Å². The van der Waals surface area contributed by atoms with Gasteiger partial charge in [-0.05, 0) is 54.1 Å². The molecule has 2 N–H and O–H groups in total. The Morgan fingerprint density at radius 3 is 2.79 bits per heavy atom. The van der Waals surface area contributed by atoms with Crippen molar-refractivity contribution in [2.45, 2.75) is 38.6 Å². The molecular weight excluding hydrogens is 324 g/mol. The van der Waals surface area contributed by atoms with Gasteiger partial charge in [-0.15, -0.1) is 11.3 Å². The Balaban J connectivity index is 1.75. The Morgan fingerprint density at radius 1 is 1.58 bits per heavy atom. The van der Waals surface area contributed by atoms with Gasteiger partial charge in [0.25, 0.3) is 0 Å². The van der Waals surface area contributed by atoms with Crippen molar-refractivity contribution in [3.63, 3.8) is 0 Å². The van der Waals surface area contributed by atoms with Crippen molar-refractivity contribution in [3.05, 3.63) is 20.8 Å². The van der Waals surface area contributed by atoms with E-state index in [1.807, 2.05) is 4.90 Å². The largest absolute Gasteiger partial charge is 0.343 e. The van der Waals surface area contributed by atoms with E-state index in [4.69, 9.17) is 5.73 Å². The van der Waals surface area contributed by atoms with Crippen LogP contribution < -0.4 is 5.73 Å². The highest BCUT2D eigenvalue weighted by Gasteiger charge is 2.24. The van der Waals surface area contributed by atoms with Crippen molar-refractivity contribution in [1.29, 1.82) is 0 Å². The Morgan fingerprint density at radius 2 is 2.26 bits per heavy atom. The normalized spacial score (nSPS) is 18.6. The predicted octanol–water partition coefficient (Wildman–Crippen LogP) is 3.03. The number of nitrogens with zero attached hydrogens (tertiary/aromatic N) is 1. The first-order chi connectivity index (χ1) is 9.06. The molecule has 0 spiro atoms. The van der Waals surface area contributed by atoms with Crippen LogP contribution in [-0.4, -0.2) is 29.9 Å². The van der Waals surface area contributed by atoms with E-state index in [1.165, 1.54) is 4.88 Å². The molecule has 5 heteroatoms. The molecule has 2 heterocycles. The maximum absolute atomic E-state index is 12.1. The van der Waals surface area contributed by atoms with Gasteiger partial charge < -0.3 is 10.6 Å². The van der Waals surface area contributed by atoms with Gasteiger partial charge in [0.2, 0.25) is 5.91 Å². The molecule has 3 nitrogen and oxygen atoms in total. The number of hydrogen-bond donors (Lipinski definition) is 1. The monoisotopic (exact) mass is 344 g/mol. The lowest BCUT2D eigenvalue weighted by atomic mass is 9.91. The number of rotatable bonds is 4. The van der Waals surface area contributed by atoms with Crippen molar-refractivity contribution >= 4 is 33.2 Å². The first kappa shape index (κ1) is 15.0. The number of piperidine rings is 1. The zero-order valence-electron chi connectivity index (χ0n) is 11.3. The van der Waals surface area contributed by atoms with Crippen LogP contribution in [0, 0.1) is 5.92 Å². The summed E-state index contributed by atoms with van der Waals surface area (Å²) in [5, 5.41) is 2.06. The summed E-state index contributed by atoms with van der Waals surface area (Å²) < 4.78 is 1.11. The first-order valence-corrected chi connectivity index (χ1v) is 8.50. The molecule has 1 aliphatic heterocycles. The summed E-state index contributed by atoms with van der Waals surface area (Å²) in [6.45, 7) is 3.81. The molecule has 2 rings (SSSR count). The van der Waals surface area contributed by atoms with Crippen LogP contribution in [0.2, 0.25) is 0 Å². The van der Waals surface area contributed by atoms with Gasteiger partial charge in [0.15, 0.2) is 0 Å². The third-order valence-corrected chi connectivity index (χ3v) is 5.60. The van der Waals surface area contributed by atoms with Gasteiger partial charge in [-0.3, -0.25) is 4.79 Å². The van der Waals surface area contributed by atoms with E-state index in [-0.39, 0.29) is 11.9 Å². The molecule has 19 heavy (non-hydrogen) atoms. The second-order valence-electron chi connectivity index (χ2n) is 5.31. The van der Waals surface area contributed by atoms with Crippen molar-refractivity contribution in [1.82, 2.24) is 4.90 Å². The number of hydrogen-bond acceptors (Lipinski definition) is 3. The second-order valence-corrected chi connectivity index (χ2v) is 7.22. The van der Waals surface area contributed by atoms with E-state index in [1.54, 1.807) is 11.3 Å². The van der Waals surface area contributed by atoms with Crippen molar-refractivity contribution < 1.29 is 4.79 Å². The molecule has 1 aromatic heterocycles. The summed E-state index contributed by atoms with van der Waals surface area (Å²) in [7, 11) is 0. The first-order valence-electron chi connectivity index (χ1n) is 6.82. The second kappa shape index (κ2) is 6.86. The van der Waals surface area contributed by atoms with Crippen LogP contribution in [0.1, 0.15) is 31.1 Å².